The maximum atomic E-state index is 12.5. The lowest BCUT2D eigenvalue weighted by Crippen LogP contribution is -2.32. The summed E-state index contributed by atoms with van der Waals surface area (Å²) < 4.78 is 6.27. The molecule has 1 heterocycles. The van der Waals surface area contributed by atoms with E-state index in [2.05, 4.69) is 0 Å². The monoisotopic (exact) mass is 312 g/mol. The molecule has 0 fully saturated rings. The van der Waals surface area contributed by atoms with Gasteiger partial charge in [-0.15, -0.1) is 0 Å². The van der Waals surface area contributed by atoms with E-state index in [0.717, 1.165) is 0 Å². The van der Waals surface area contributed by atoms with Gasteiger partial charge in [0.25, 0.3) is 5.56 Å². The van der Waals surface area contributed by atoms with Crippen LogP contribution in [-0.4, -0.2) is 22.8 Å². The molecule has 0 bridgehead atoms. The zero-order chi connectivity index (χ0) is 17.0. The summed E-state index contributed by atoms with van der Waals surface area (Å²) in [6.07, 6.45) is 0.229. The smallest absolute Gasteiger partial charge is 0.326 e. The summed E-state index contributed by atoms with van der Waals surface area (Å²) in [6, 6.07) is 10.7. The fourth-order valence-electron chi connectivity index (χ4n) is 2.41. The van der Waals surface area contributed by atoms with Gasteiger partial charge in [0.15, 0.2) is 0 Å². The van der Waals surface area contributed by atoms with Gasteiger partial charge in [-0.3, -0.25) is 9.36 Å². The largest absolute Gasteiger partial charge is 0.497 e. The van der Waals surface area contributed by atoms with Crippen molar-refractivity contribution in [3.05, 3.63) is 52.3 Å². The molecule has 118 valence electrons. The van der Waals surface area contributed by atoms with Crippen molar-refractivity contribution in [1.82, 2.24) is 4.57 Å². The van der Waals surface area contributed by atoms with E-state index in [1.54, 1.807) is 50.4 Å². The number of hydrogen-bond acceptors (Lipinski definition) is 4. The summed E-state index contributed by atoms with van der Waals surface area (Å²) in [4.78, 5) is 24.0. The molecule has 6 heteroatoms. The first-order chi connectivity index (χ1) is 11.0. The third-order valence-corrected chi connectivity index (χ3v) is 3.61. The summed E-state index contributed by atoms with van der Waals surface area (Å²) in [6.45, 7) is 1.68. The summed E-state index contributed by atoms with van der Waals surface area (Å²) in [5.74, 6) is -0.457. The molecule has 1 N–H and O–H groups in total. The Morgan fingerprint density at radius 2 is 1.96 bits per heavy atom. The molecule has 6 nitrogen and oxygen atoms in total. The molecule has 23 heavy (non-hydrogen) atoms. The Balaban J connectivity index is 2.72. The Kier molecular flexibility index (Phi) is 4.82. The van der Waals surface area contributed by atoms with Crippen LogP contribution in [0.25, 0.3) is 11.3 Å². The van der Waals surface area contributed by atoms with Gasteiger partial charge in [-0.1, -0.05) is 6.92 Å². The van der Waals surface area contributed by atoms with Crippen molar-refractivity contribution in [3.8, 4) is 23.1 Å². The second-order valence-corrected chi connectivity index (χ2v) is 4.91. The standard InChI is InChI=1S/C17H16N2O4/c1-3-14(17(21)22)19-15(9-6-12(10-18)16(19)20)11-4-7-13(23-2)8-5-11/h4-9,14H,3H2,1-2H3,(H,21,22). The van der Waals surface area contributed by atoms with E-state index in [1.165, 1.54) is 10.6 Å². The number of carboxylic acid groups (broad SMARTS) is 1. The molecule has 0 saturated carbocycles. The highest BCUT2D eigenvalue weighted by Crippen LogP contribution is 2.25. The Hall–Kier alpha value is -3.07. The first kappa shape index (κ1) is 16.3. The van der Waals surface area contributed by atoms with E-state index < -0.39 is 17.6 Å². The normalized spacial score (nSPS) is 11.5. The number of aliphatic carboxylic acids is 1. The fourth-order valence-corrected chi connectivity index (χ4v) is 2.41. The maximum absolute atomic E-state index is 12.5. The minimum absolute atomic E-state index is 0.0815. The molecule has 1 aromatic carbocycles. The van der Waals surface area contributed by atoms with Crippen LogP contribution in [0, 0.1) is 11.3 Å². The minimum atomic E-state index is -1.11. The summed E-state index contributed by atoms with van der Waals surface area (Å²) in [7, 11) is 1.55. The topological polar surface area (TPSA) is 92.3 Å². The predicted molar refractivity (Wildman–Crippen MR) is 84.4 cm³/mol. The lowest BCUT2D eigenvalue weighted by molar-refractivity contribution is -0.141. The van der Waals surface area contributed by atoms with Gasteiger partial charge in [0.1, 0.15) is 23.4 Å². The highest BCUT2D eigenvalue weighted by molar-refractivity contribution is 5.74. The number of ether oxygens (including phenoxy) is 1. The molecule has 0 aliphatic heterocycles. The molecule has 0 spiro atoms. The Bertz CT molecular complexity index is 816. The summed E-state index contributed by atoms with van der Waals surface area (Å²) in [5.41, 5.74) is 0.440. The molecular weight excluding hydrogens is 296 g/mol. The third kappa shape index (κ3) is 3.09. The van der Waals surface area contributed by atoms with Crippen molar-refractivity contribution in [2.45, 2.75) is 19.4 Å². The molecule has 1 unspecified atom stereocenters. The van der Waals surface area contributed by atoms with Gasteiger partial charge < -0.3 is 9.84 Å². The lowest BCUT2D eigenvalue weighted by atomic mass is 10.1. The number of carbonyl (C=O) groups is 1. The van der Waals surface area contributed by atoms with Crippen LogP contribution in [0.5, 0.6) is 5.75 Å². The highest BCUT2D eigenvalue weighted by atomic mass is 16.5. The van der Waals surface area contributed by atoms with Gasteiger partial charge in [0.05, 0.1) is 12.8 Å². The first-order valence-corrected chi connectivity index (χ1v) is 7.06. The maximum Gasteiger partial charge on any atom is 0.326 e. The molecule has 1 aromatic heterocycles. The first-order valence-electron chi connectivity index (χ1n) is 7.06. The van der Waals surface area contributed by atoms with Crippen molar-refractivity contribution in [2.75, 3.05) is 7.11 Å². The van der Waals surface area contributed by atoms with Gasteiger partial charge in [-0.05, 0) is 48.4 Å². The van der Waals surface area contributed by atoms with E-state index in [9.17, 15) is 14.7 Å². The van der Waals surface area contributed by atoms with Crippen LogP contribution in [-0.2, 0) is 4.79 Å². The van der Waals surface area contributed by atoms with Gasteiger partial charge in [0.2, 0.25) is 0 Å². The molecule has 2 rings (SSSR count). The average molecular weight is 312 g/mol. The number of nitriles is 1. The van der Waals surface area contributed by atoms with E-state index in [1.807, 2.05) is 0 Å². The van der Waals surface area contributed by atoms with E-state index in [4.69, 9.17) is 10.00 Å². The van der Waals surface area contributed by atoms with Gasteiger partial charge in [-0.2, -0.15) is 5.26 Å². The molecule has 0 aliphatic rings. The molecule has 1 atom stereocenters. The fraction of sp³-hybridized carbons (Fsp3) is 0.235. The Morgan fingerprint density at radius 1 is 1.30 bits per heavy atom. The molecule has 0 aliphatic carbocycles. The number of methoxy groups -OCH3 is 1. The number of carboxylic acids is 1. The third-order valence-electron chi connectivity index (χ3n) is 3.61. The summed E-state index contributed by atoms with van der Waals surface area (Å²) in [5, 5.41) is 18.4. The van der Waals surface area contributed by atoms with Crippen LogP contribution in [0.2, 0.25) is 0 Å². The Labute approximate surface area is 133 Å². The molecule has 0 radical (unpaired) electrons. The second-order valence-electron chi connectivity index (χ2n) is 4.91. The molecule has 2 aromatic rings. The Morgan fingerprint density at radius 3 is 2.43 bits per heavy atom. The van der Waals surface area contributed by atoms with Crippen molar-refractivity contribution in [2.24, 2.45) is 0 Å². The van der Waals surface area contributed by atoms with Crippen molar-refractivity contribution in [3.63, 3.8) is 0 Å². The van der Waals surface area contributed by atoms with Crippen molar-refractivity contribution in [1.29, 1.82) is 5.26 Å². The molecular formula is C17H16N2O4. The van der Waals surface area contributed by atoms with Crippen LogP contribution in [0.4, 0.5) is 0 Å². The van der Waals surface area contributed by atoms with Crippen LogP contribution < -0.4 is 10.3 Å². The zero-order valence-corrected chi connectivity index (χ0v) is 12.8. The number of nitrogens with zero attached hydrogens (tertiary/aromatic N) is 2. The quantitative estimate of drug-likeness (QED) is 0.915. The van der Waals surface area contributed by atoms with Gasteiger partial charge in [0, 0.05) is 0 Å². The molecule has 0 amide bonds. The van der Waals surface area contributed by atoms with E-state index in [0.29, 0.717) is 17.0 Å². The van der Waals surface area contributed by atoms with Crippen LogP contribution in [0.3, 0.4) is 0 Å². The van der Waals surface area contributed by atoms with Crippen molar-refractivity contribution >= 4 is 5.97 Å². The lowest BCUT2D eigenvalue weighted by Gasteiger charge is -2.19. The van der Waals surface area contributed by atoms with Crippen LogP contribution in [0.15, 0.2) is 41.2 Å². The highest BCUT2D eigenvalue weighted by Gasteiger charge is 2.23. The summed E-state index contributed by atoms with van der Waals surface area (Å²) >= 11 is 0. The van der Waals surface area contributed by atoms with Gasteiger partial charge >= 0.3 is 5.97 Å². The minimum Gasteiger partial charge on any atom is -0.497 e. The zero-order valence-electron chi connectivity index (χ0n) is 12.8. The van der Waals surface area contributed by atoms with Crippen LogP contribution >= 0.6 is 0 Å². The predicted octanol–water partition coefficient (Wildman–Crippen LogP) is 2.43. The van der Waals surface area contributed by atoms with Crippen LogP contribution in [0.1, 0.15) is 24.9 Å². The molecule has 0 saturated heterocycles. The van der Waals surface area contributed by atoms with Gasteiger partial charge in [-0.25, -0.2) is 4.79 Å². The number of pyridine rings is 1. The number of hydrogen-bond donors (Lipinski definition) is 1. The number of benzene rings is 1. The number of rotatable bonds is 5. The van der Waals surface area contributed by atoms with E-state index >= 15 is 0 Å². The second kappa shape index (κ2) is 6.79. The number of aromatic nitrogens is 1. The van der Waals surface area contributed by atoms with Crippen molar-refractivity contribution < 1.29 is 14.6 Å². The average Bonchev–Trinajstić information content (AvgIpc) is 2.56. The SMILES string of the molecule is CCC(C(=O)O)n1c(-c2ccc(OC)cc2)ccc(C#N)c1=O. The van der Waals surface area contributed by atoms with E-state index in [-0.39, 0.29) is 12.0 Å².